The van der Waals surface area contributed by atoms with Crippen LogP contribution in [0.3, 0.4) is 0 Å². The van der Waals surface area contributed by atoms with Gasteiger partial charge in [-0.1, -0.05) is 11.6 Å². The van der Waals surface area contributed by atoms with Crippen molar-refractivity contribution < 1.29 is 9.13 Å². The summed E-state index contributed by atoms with van der Waals surface area (Å²) >= 11 is 6.01. The average molecular weight is 325 g/mol. The minimum absolute atomic E-state index is 0.199. The lowest BCUT2D eigenvalue weighted by atomic mass is 9.90. The van der Waals surface area contributed by atoms with Crippen molar-refractivity contribution in [2.75, 3.05) is 26.3 Å². The summed E-state index contributed by atoms with van der Waals surface area (Å²) in [5.41, 5.74) is 2.20. The van der Waals surface area contributed by atoms with Gasteiger partial charge in [-0.3, -0.25) is 0 Å². The van der Waals surface area contributed by atoms with Crippen molar-refractivity contribution in [3.63, 3.8) is 0 Å². The van der Waals surface area contributed by atoms with Gasteiger partial charge in [0.2, 0.25) is 0 Å². The van der Waals surface area contributed by atoms with E-state index in [1.54, 1.807) is 12.1 Å². The van der Waals surface area contributed by atoms with Crippen LogP contribution in [0.2, 0.25) is 5.02 Å². The Hall–Kier alpha value is -1.10. The predicted molar refractivity (Wildman–Crippen MR) is 88.2 cm³/mol. The van der Waals surface area contributed by atoms with Gasteiger partial charge in [0.25, 0.3) is 0 Å². The SMILES string of the molecule is CCOCCn1cc(C2CCNCC2)c2cc(Cl)c(F)cc21. The van der Waals surface area contributed by atoms with E-state index in [4.69, 9.17) is 16.3 Å². The molecule has 5 heteroatoms. The minimum atomic E-state index is -0.359. The number of halogens is 2. The quantitative estimate of drug-likeness (QED) is 0.843. The summed E-state index contributed by atoms with van der Waals surface area (Å²) in [4.78, 5) is 0. The largest absolute Gasteiger partial charge is 0.380 e. The van der Waals surface area contributed by atoms with Crippen LogP contribution in [-0.2, 0) is 11.3 Å². The van der Waals surface area contributed by atoms with Gasteiger partial charge >= 0.3 is 0 Å². The molecule has 1 N–H and O–H groups in total. The van der Waals surface area contributed by atoms with E-state index < -0.39 is 0 Å². The van der Waals surface area contributed by atoms with Crippen LogP contribution in [0.1, 0.15) is 31.2 Å². The third-order valence-electron chi connectivity index (χ3n) is 4.41. The molecule has 0 aliphatic carbocycles. The molecule has 3 rings (SSSR count). The molecule has 1 aliphatic heterocycles. The second kappa shape index (κ2) is 6.99. The number of hydrogen-bond acceptors (Lipinski definition) is 2. The molecule has 0 radical (unpaired) electrons. The highest BCUT2D eigenvalue weighted by atomic mass is 35.5. The zero-order valence-electron chi connectivity index (χ0n) is 12.9. The van der Waals surface area contributed by atoms with Gasteiger partial charge < -0.3 is 14.6 Å². The molecule has 0 atom stereocenters. The molecule has 22 heavy (non-hydrogen) atoms. The molecular formula is C17H22ClFN2O. The number of hydrogen-bond donors (Lipinski definition) is 1. The van der Waals surface area contributed by atoms with Crippen LogP contribution in [-0.4, -0.2) is 30.9 Å². The zero-order chi connectivity index (χ0) is 15.5. The van der Waals surface area contributed by atoms with Gasteiger partial charge in [-0.25, -0.2) is 4.39 Å². The van der Waals surface area contributed by atoms with E-state index in [-0.39, 0.29) is 10.8 Å². The summed E-state index contributed by atoms with van der Waals surface area (Å²) in [5.74, 6) is 0.153. The number of ether oxygens (including phenoxy) is 1. The Morgan fingerprint density at radius 2 is 2.14 bits per heavy atom. The maximum atomic E-state index is 13.9. The normalized spacial score (nSPS) is 16.5. The van der Waals surface area contributed by atoms with Gasteiger partial charge in [0.15, 0.2) is 0 Å². The lowest BCUT2D eigenvalue weighted by molar-refractivity contribution is 0.140. The van der Waals surface area contributed by atoms with Gasteiger partial charge in [-0.05, 0) is 56.5 Å². The Labute approximate surface area is 135 Å². The highest BCUT2D eigenvalue weighted by molar-refractivity contribution is 6.31. The van der Waals surface area contributed by atoms with Crippen LogP contribution >= 0.6 is 11.6 Å². The Bertz CT molecular complexity index is 650. The summed E-state index contributed by atoms with van der Waals surface area (Å²) in [6.07, 6.45) is 4.38. The van der Waals surface area contributed by atoms with Gasteiger partial charge in [0, 0.05) is 24.7 Å². The van der Waals surface area contributed by atoms with Crippen LogP contribution < -0.4 is 5.32 Å². The van der Waals surface area contributed by atoms with Crippen molar-refractivity contribution in [1.82, 2.24) is 9.88 Å². The summed E-state index contributed by atoms with van der Waals surface area (Å²) in [6.45, 7) is 6.11. The Morgan fingerprint density at radius 3 is 2.86 bits per heavy atom. The molecule has 0 amide bonds. The number of nitrogens with zero attached hydrogens (tertiary/aromatic N) is 1. The Balaban J connectivity index is 2.00. The third-order valence-corrected chi connectivity index (χ3v) is 4.70. The number of piperidine rings is 1. The first-order valence-corrected chi connectivity index (χ1v) is 8.34. The van der Waals surface area contributed by atoms with Crippen LogP contribution in [0.25, 0.3) is 10.9 Å². The lowest BCUT2D eigenvalue weighted by Gasteiger charge is -2.22. The van der Waals surface area contributed by atoms with Crippen LogP contribution in [0.4, 0.5) is 4.39 Å². The van der Waals surface area contributed by atoms with Crippen molar-refractivity contribution in [2.45, 2.75) is 32.2 Å². The first-order chi connectivity index (χ1) is 10.7. The molecule has 1 fully saturated rings. The van der Waals surface area contributed by atoms with Crippen molar-refractivity contribution in [3.05, 3.63) is 34.7 Å². The molecule has 120 valence electrons. The van der Waals surface area contributed by atoms with Gasteiger partial charge in [0.1, 0.15) is 5.82 Å². The molecule has 0 unspecified atom stereocenters. The fraction of sp³-hybridized carbons (Fsp3) is 0.529. The summed E-state index contributed by atoms with van der Waals surface area (Å²) in [6, 6.07) is 3.33. The number of aromatic nitrogens is 1. The number of fused-ring (bicyclic) bond motifs is 1. The summed E-state index contributed by atoms with van der Waals surface area (Å²) in [7, 11) is 0. The molecule has 3 nitrogen and oxygen atoms in total. The fourth-order valence-corrected chi connectivity index (χ4v) is 3.43. The van der Waals surface area contributed by atoms with E-state index in [1.165, 1.54) is 5.56 Å². The summed E-state index contributed by atoms with van der Waals surface area (Å²) < 4.78 is 21.4. The highest BCUT2D eigenvalue weighted by Gasteiger charge is 2.21. The van der Waals surface area contributed by atoms with E-state index >= 15 is 0 Å². The Morgan fingerprint density at radius 1 is 1.36 bits per heavy atom. The van der Waals surface area contributed by atoms with Crippen molar-refractivity contribution in [2.24, 2.45) is 0 Å². The third kappa shape index (κ3) is 3.14. The van der Waals surface area contributed by atoms with E-state index in [0.717, 1.165) is 43.4 Å². The molecule has 0 spiro atoms. The molecule has 1 aliphatic rings. The minimum Gasteiger partial charge on any atom is -0.380 e. The maximum Gasteiger partial charge on any atom is 0.143 e. The van der Waals surface area contributed by atoms with Crippen LogP contribution in [0, 0.1) is 5.82 Å². The summed E-state index contributed by atoms with van der Waals surface area (Å²) in [5, 5.41) is 4.67. The van der Waals surface area contributed by atoms with E-state index in [0.29, 0.717) is 19.1 Å². The molecule has 2 heterocycles. The molecule has 0 saturated carbocycles. The van der Waals surface area contributed by atoms with Crippen LogP contribution in [0.15, 0.2) is 18.3 Å². The van der Waals surface area contributed by atoms with Crippen molar-refractivity contribution in [1.29, 1.82) is 0 Å². The Kier molecular flexibility index (Phi) is 5.01. The lowest BCUT2D eigenvalue weighted by Crippen LogP contribution is -2.26. The van der Waals surface area contributed by atoms with E-state index in [2.05, 4.69) is 16.1 Å². The zero-order valence-corrected chi connectivity index (χ0v) is 13.6. The molecule has 1 aromatic heterocycles. The van der Waals surface area contributed by atoms with Crippen molar-refractivity contribution in [3.8, 4) is 0 Å². The van der Waals surface area contributed by atoms with Gasteiger partial charge in [-0.2, -0.15) is 0 Å². The maximum absolute atomic E-state index is 13.9. The van der Waals surface area contributed by atoms with Crippen LogP contribution in [0.5, 0.6) is 0 Å². The second-order valence-electron chi connectivity index (χ2n) is 5.78. The second-order valence-corrected chi connectivity index (χ2v) is 6.19. The molecule has 1 saturated heterocycles. The van der Waals surface area contributed by atoms with Crippen molar-refractivity contribution >= 4 is 22.5 Å². The monoisotopic (exact) mass is 324 g/mol. The van der Waals surface area contributed by atoms with Gasteiger partial charge in [0.05, 0.1) is 17.1 Å². The first-order valence-electron chi connectivity index (χ1n) is 7.97. The predicted octanol–water partition coefficient (Wildman–Crippen LogP) is 3.94. The van der Waals surface area contributed by atoms with Gasteiger partial charge in [-0.15, -0.1) is 0 Å². The number of nitrogens with one attached hydrogen (secondary N) is 1. The molecule has 2 aromatic rings. The topological polar surface area (TPSA) is 26.2 Å². The number of benzene rings is 1. The van der Waals surface area contributed by atoms with E-state index in [9.17, 15) is 4.39 Å². The average Bonchev–Trinajstić information content (AvgIpc) is 2.87. The fourth-order valence-electron chi connectivity index (χ4n) is 3.26. The van der Waals surface area contributed by atoms with E-state index in [1.807, 2.05) is 6.92 Å². The number of rotatable bonds is 5. The standard InChI is InChI=1S/C17H22ClFN2O/c1-2-22-8-7-21-11-14(12-3-5-20-6-4-12)13-9-15(18)16(19)10-17(13)21/h9-12,20H,2-8H2,1H3. The smallest absolute Gasteiger partial charge is 0.143 e. The molecule has 0 bridgehead atoms. The first kappa shape index (κ1) is 15.8. The molecular weight excluding hydrogens is 303 g/mol. The highest BCUT2D eigenvalue weighted by Crippen LogP contribution is 2.35. The molecule has 1 aromatic carbocycles.